The maximum Gasteiger partial charge on any atom is 0.501 e. The number of aromatic amines is 4. The molecule has 4 aliphatic rings. The summed E-state index contributed by atoms with van der Waals surface area (Å²) >= 11 is 5.66. The fraction of sp³-hybridized carbons (Fsp3) is 0.248. The zero-order chi connectivity index (χ0) is 98.9. The molecule has 8 aromatic carbocycles. The van der Waals surface area contributed by atoms with Gasteiger partial charge in [0.2, 0.25) is 0 Å². The molecule has 0 spiro atoms. The van der Waals surface area contributed by atoms with Crippen LogP contribution >= 0.6 is 11.6 Å². The molecule has 0 saturated heterocycles. The van der Waals surface area contributed by atoms with E-state index < -0.39 is 17.6 Å². The number of nitrogens with zero attached hydrogens (tertiary/aromatic N) is 4. The van der Waals surface area contributed by atoms with Gasteiger partial charge in [0.15, 0.2) is 0 Å². The molecule has 0 fully saturated rings. The van der Waals surface area contributed by atoms with Crippen LogP contribution in [0.1, 0.15) is 144 Å². The Hall–Kier alpha value is -12.9. The molecule has 10 heterocycles. The predicted molar refractivity (Wildman–Crippen MR) is 578 cm³/mol. The van der Waals surface area contributed by atoms with Crippen molar-refractivity contribution in [1.29, 1.82) is 0 Å². The molecule has 8 N–H and O–H groups in total. The number of aromatic nitrogens is 8. The van der Waals surface area contributed by atoms with Gasteiger partial charge >= 0.3 is 17.6 Å². The Morgan fingerprint density at radius 1 is 0.239 bits per heavy atom. The number of aliphatic hydroxyl groups is 4. The van der Waals surface area contributed by atoms with Crippen molar-refractivity contribution in [3.05, 3.63) is 333 Å². The van der Waals surface area contributed by atoms with Gasteiger partial charge in [-0.1, -0.05) is 194 Å². The summed E-state index contributed by atoms with van der Waals surface area (Å²) in [4.78, 5) is 36.9. The van der Waals surface area contributed by atoms with Crippen LogP contribution in [-0.2, 0) is 98.4 Å². The number of rotatable bonds is 39. The third kappa shape index (κ3) is 24.0. The second-order valence-corrected chi connectivity index (χ2v) is 40.3. The second-order valence-electron chi connectivity index (χ2n) is 34.4. The number of halogens is 1. The molecule has 6 aromatic heterocycles. The molecule has 0 aliphatic carbocycles. The number of alkyl halides is 1. The topological polar surface area (TPSA) is 288 Å². The summed E-state index contributed by atoms with van der Waals surface area (Å²) in [7, 11) is 0.0198. The van der Waals surface area contributed by atoms with Crippen molar-refractivity contribution in [2.24, 2.45) is 0 Å². The molecule has 4 aliphatic heterocycles. The van der Waals surface area contributed by atoms with Crippen molar-refractivity contribution < 1.29 is 65.9 Å². The number of fused-ring (bicyclic) bond motifs is 16. The minimum absolute atomic E-state index is 0.0539. The Kier molecular flexibility index (Phi) is 35.4. The highest BCUT2D eigenvalue weighted by atomic mass is 35.5. The highest BCUT2D eigenvalue weighted by Gasteiger charge is 2.41. The minimum Gasteiger partial charge on any atom is -0.392 e. The number of hydrogen-bond donors (Lipinski definition) is 8. The van der Waals surface area contributed by atoms with Crippen LogP contribution in [0.5, 0.6) is 0 Å². The van der Waals surface area contributed by atoms with Gasteiger partial charge in [0, 0.05) is 174 Å². The second kappa shape index (κ2) is 49.2. The quantitative estimate of drug-likeness (QED) is 0.0101. The zero-order valence-electron chi connectivity index (χ0n) is 81.9. The molecule has 0 atom stereocenters. The van der Waals surface area contributed by atoms with Crippen molar-refractivity contribution in [3.8, 4) is 89.0 Å². The van der Waals surface area contributed by atoms with Crippen LogP contribution in [0.4, 0.5) is 0 Å². The van der Waals surface area contributed by atoms with Crippen LogP contribution in [0.2, 0.25) is 12.1 Å². The van der Waals surface area contributed by atoms with E-state index >= 15 is 0 Å². The first kappa shape index (κ1) is 102. The molecule has 14 aromatic rings. The molecule has 18 rings (SSSR count). The number of benzene rings is 8. The van der Waals surface area contributed by atoms with Gasteiger partial charge in [-0.2, -0.15) is 0 Å². The lowest BCUT2D eigenvalue weighted by Gasteiger charge is -2.28. The van der Waals surface area contributed by atoms with E-state index in [9.17, 15) is 20.4 Å². The van der Waals surface area contributed by atoms with E-state index in [0.717, 1.165) is 242 Å². The van der Waals surface area contributed by atoms with Crippen LogP contribution in [0.3, 0.4) is 0 Å². The van der Waals surface area contributed by atoms with Gasteiger partial charge in [-0.05, 0) is 241 Å². The third-order valence-electron chi connectivity index (χ3n) is 25.0. The van der Waals surface area contributed by atoms with Gasteiger partial charge in [0.25, 0.3) is 0 Å². The first-order valence-electron chi connectivity index (χ1n) is 48.6. The van der Waals surface area contributed by atoms with E-state index in [4.69, 9.17) is 77.0 Å². The molecule has 16 bridgehead atoms. The van der Waals surface area contributed by atoms with Crippen LogP contribution in [0, 0.1) is 0 Å². The third-order valence-corrected chi connectivity index (χ3v) is 31.5. The van der Waals surface area contributed by atoms with Crippen LogP contribution < -0.4 is 0 Å². The zero-order valence-corrected chi connectivity index (χ0v) is 84.6. The maximum atomic E-state index is 9.84. The normalized spacial score (nSPS) is 12.2. The fourth-order valence-electron chi connectivity index (χ4n) is 18.4. The van der Waals surface area contributed by atoms with E-state index in [1.165, 1.54) is 0 Å². The van der Waals surface area contributed by atoms with Crippen molar-refractivity contribution in [2.45, 2.75) is 119 Å². The lowest BCUT2D eigenvalue weighted by molar-refractivity contribution is 0.0646. The van der Waals surface area contributed by atoms with E-state index in [0.29, 0.717) is 84.6 Å². The lowest BCUT2D eigenvalue weighted by atomic mass is 10.0. The highest BCUT2D eigenvalue weighted by Crippen LogP contribution is 2.44. The minimum atomic E-state index is -2.73. The first-order valence-corrected chi connectivity index (χ1v) is 53.0. The van der Waals surface area contributed by atoms with Crippen molar-refractivity contribution in [2.75, 3.05) is 73.5 Å². The Morgan fingerprint density at radius 2 is 0.415 bits per heavy atom. The number of nitrogens with one attached hydrogen (secondary N) is 4. The van der Waals surface area contributed by atoms with E-state index in [-0.39, 0.29) is 26.4 Å². The molecule has 142 heavy (non-hydrogen) atoms. The van der Waals surface area contributed by atoms with Crippen LogP contribution in [-0.4, -0.2) is 151 Å². The number of hydrogen-bond acceptors (Lipinski definition) is 18. The first-order chi connectivity index (χ1) is 69.6. The largest absolute Gasteiger partial charge is 0.501 e. The van der Waals surface area contributed by atoms with Gasteiger partial charge in [-0.3, -0.25) is 0 Å². The lowest BCUT2D eigenvalue weighted by Crippen LogP contribution is -2.46. The highest BCUT2D eigenvalue weighted by molar-refractivity contribution is 6.61. The van der Waals surface area contributed by atoms with E-state index in [1.54, 1.807) is 21.3 Å². The molecule has 0 saturated carbocycles. The standard InChI is InChI=1S/C60H64N4O7Si.C48H38N4O4.C9H21ClO3Si/c1-7-69-72(70-8-2,71-9-3)36-10-35-68-40-44-17-25-48(26-18-44)60-55-33-31-53(63-55)58(46-21-13-42(14-22-46)38-66-5)51-29-27-49(61-51)57(45-19-11-41(12-20-45)37-65-4)50-28-30-52(62-50)59(54-32-34-56(60)64-54)47-23-15-43(16-24-47)39-67-6;53-25-29-1-9-33(10-2-29)45-37-17-19-39(49-37)46(34-11-3-30(26-54)4-12-34)41-21-23-43(51-41)48(36-15-7-32(28-56)8-16-36)44-24-22-42(52-44)47(40-20-18-38(45)50-40)35-13-5-31(27-55)6-14-35;1-4-11-14(12-5-2,13-6-3)9-7-8-10/h11-34,61,64H,7-10,35-40H2,1-6H3;1-24,49,52-56H,25-28H2;4-9H2,1-3H3. The average molecular weight is 1960 g/mol. The SMILES string of the molecule is CCO[Si](CCCCl)(OCC)OCC.CCO[Si](CCCOCc1ccc(-c2c3nc(c(-c4ccc(COC)cc4)c4ccc([nH]4)c(-c4ccc(COC)cc4)c4nc(c(-c5ccc(COC)cc5)c5ccc2[nH]5)C=C4)C=C3)cc1)(OCC)OCC.OCc1ccc(-c2c3nc(c(-c4ccc(CO)cc4)c4ccc([nH]4)c(-c4ccc(CO)cc4)c4nc(c(-c5ccc(CO)cc5)c5ccc2[nH]5)C=C4)C=C3)cc1. The summed E-state index contributed by atoms with van der Waals surface area (Å²) in [5.41, 5.74) is 36.5. The van der Waals surface area contributed by atoms with Crippen LogP contribution in [0.15, 0.2) is 243 Å². The summed E-state index contributed by atoms with van der Waals surface area (Å²) in [5, 5.41) is 39.4. The molecule has 0 amide bonds. The molecule has 730 valence electrons. The molecule has 0 unspecified atom stereocenters. The van der Waals surface area contributed by atoms with Gasteiger partial charge in [-0.15, -0.1) is 11.6 Å². The summed E-state index contributed by atoms with van der Waals surface area (Å²) in [6.07, 6.45) is 18.3. The van der Waals surface area contributed by atoms with Gasteiger partial charge in [0.1, 0.15) is 0 Å². The van der Waals surface area contributed by atoms with E-state index in [2.05, 4.69) is 190 Å². The monoisotopic (exact) mass is 1950 g/mol. The van der Waals surface area contributed by atoms with Gasteiger partial charge < -0.3 is 85.9 Å². The summed E-state index contributed by atoms with van der Waals surface area (Å²) in [5.74, 6) is 0.627. The summed E-state index contributed by atoms with van der Waals surface area (Å²) < 4.78 is 57.8. The smallest absolute Gasteiger partial charge is 0.392 e. The van der Waals surface area contributed by atoms with E-state index in [1.807, 2.05) is 163 Å². The van der Waals surface area contributed by atoms with Crippen molar-refractivity contribution >= 4 is 122 Å². The molecular formula is C117H123ClN8O14Si2. The fourth-order valence-corrected chi connectivity index (χ4v) is 23.9. The predicted octanol–water partition coefficient (Wildman–Crippen LogP) is 25.7. The van der Waals surface area contributed by atoms with Gasteiger partial charge in [0.05, 0.1) is 98.4 Å². The molecule has 22 nitrogen and oxygen atoms in total. The number of ether oxygens (including phenoxy) is 4. The van der Waals surface area contributed by atoms with Crippen molar-refractivity contribution in [1.82, 2.24) is 39.9 Å². The summed E-state index contributed by atoms with van der Waals surface area (Å²) in [6.45, 7) is 17.8. The number of methoxy groups -OCH3 is 3. The molecule has 0 radical (unpaired) electrons. The Labute approximate surface area is 836 Å². The van der Waals surface area contributed by atoms with Crippen molar-refractivity contribution in [3.63, 3.8) is 0 Å². The Bertz CT molecular complexity index is 6680. The molecular weight excluding hydrogens is 1830 g/mol. The average Bonchev–Trinajstić information content (AvgIpc) is 1.61. The number of H-pyrrole nitrogens is 4. The number of aliphatic hydroxyl groups excluding tert-OH is 4. The van der Waals surface area contributed by atoms with Gasteiger partial charge in [-0.25, -0.2) is 19.9 Å². The van der Waals surface area contributed by atoms with Crippen LogP contribution in [0.25, 0.3) is 182 Å². The Balaban J connectivity index is 0.000000184. The summed E-state index contributed by atoms with van der Waals surface area (Å²) in [6, 6.07) is 84.1. The molecule has 25 heteroatoms. The maximum absolute atomic E-state index is 9.84. The Morgan fingerprint density at radius 3 is 0.585 bits per heavy atom.